The number of likely N-dealkylation sites (tertiary alicyclic amines) is 1. The molecule has 1 heterocycles. The molecule has 1 saturated heterocycles. The van der Waals surface area contributed by atoms with Crippen molar-refractivity contribution >= 4 is 47.7 Å². The lowest BCUT2D eigenvalue weighted by molar-refractivity contribution is -0.181. The maximum Gasteiger partial charge on any atom is 0.413 e. The summed E-state index contributed by atoms with van der Waals surface area (Å²) in [5.74, 6) is -5.68. The summed E-state index contributed by atoms with van der Waals surface area (Å²) in [6.07, 6.45) is -3.60. The van der Waals surface area contributed by atoms with Gasteiger partial charge in [-0.15, -0.1) is 0 Å². The fourth-order valence-corrected chi connectivity index (χ4v) is 10.3. The van der Waals surface area contributed by atoms with Crippen LogP contribution in [-0.4, -0.2) is 175 Å². The summed E-state index contributed by atoms with van der Waals surface area (Å²) >= 11 is 0. The number of hydrogen-bond acceptors (Lipinski definition) is 15. The van der Waals surface area contributed by atoms with Crippen LogP contribution in [0.4, 0.5) is 9.59 Å². The normalized spacial score (nSPS) is 18.1. The fourth-order valence-electron chi connectivity index (χ4n) is 10.3. The molecule has 1 fully saturated rings. The quantitative estimate of drug-likeness (QED) is 0.0360. The summed E-state index contributed by atoms with van der Waals surface area (Å²) < 4.78 is 27.2. The van der Waals surface area contributed by atoms with Crippen molar-refractivity contribution in [2.75, 3.05) is 47.5 Å². The number of alkyl carbamates (subject to hydrolysis) is 1. The lowest BCUT2D eigenvalue weighted by Crippen LogP contribution is -2.59. The molecular formula is C59H101N7O15. The predicted octanol–water partition coefficient (Wildman–Crippen LogP) is 5.77. The number of aliphatic hydroxyl groups is 2. The number of aliphatic hydroxyl groups excluding tert-OH is 2. The maximum atomic E-state index is 14.6. The Bertz CT molecular complexity index is 2140. The number of rotatable bonds is 33. The average molecular weight is 1150 g/mol. The monoisotopic (exact) mass is 1150 g/mol. The number of carbonyl (C=O) groups is 8. The smallest absolute Gasteiger partial charge is 0.413 e. The second-order valence-corrected chi connectivity index (χ2v) is 23.5. The van der Waals surface area contributed by atoms with Gasteiger partial charge in [-0.1, -0.05) is 127 Å². The van der Waals surface area contributed by atoms with E-state index in [1.54, 1.807) is 74.3 Å². The molecule has 0 spiro atoms. The molecule has 0 aromatic heterocycles. The highest BCUT2D eigenvalue weighted by molar-refractivity contribution is 5.92. The highest BCUT2D eigenvalue weighted by atomic mass is 16.7. The van der Waals surface area contributed by atoms with Gasteiger partial charge >= 0.3 is 18.2 Å². The number of amides is 7. The van der Waals surface area contributed by atoms with Crippen LogP contribution in [0.15, 0.2) is 30.3 Å². The van der Waals surface area contributed by atoms with Crippen LogP contribution in [0.2, 0.25) is 0 Å². The number of benzene rings is 1. The van der Waals surface area contributed by atoms with Crippen molar-refractivity contribution in [3.63, 3.8) is 0 Å². The standard InChI is InChI=1S/C59H101N7O15/c1-19-43(31-67)79-47(77-18)32-78-58(75)60-28-27-45(68)62-49(34(4)5)56(74)80-57(37(10)11)81-59(76)65(17)51(36(8)9)54(72)63-48(33(2)3)55(73)64(16)50(35(6)7)38(12)30-46(69)66-29-23-26-44(66)39(13)40(14)53(71)61-41(15)52(70)42-24-21-20-22-25-42/h20-22,24-25,33-41,43-44,47-52,57,67,70H,19,23,26-32H2,1-18H3,(H,60,75)(H,61,71)(H,62,68)(H,63,72)/t38-,39-,40-,41-,43?,44+,47?,48+,49+,50+,51+,52-,57?/m1/s1. The van der Waals surface area contributed by atoms with E-state index in [9.17, 15) is 48.6 Å². The molecule has 1 aromatic carbocycles. The van der Waals surface area contributed by atoms with Gasteiger partial charge in [-0.2, -0.15) is 0 Å². The van der Waals surface area contributed by atoms with E-state index >= 15 is 0 Å². The van der Waals surface area contributed by atoms with Gasteiger partial charge in [0.1, 0.15) is 24.7 Å². The Balaban J connectivity index is 2.12. The van der Waals surface area contributed by atoms with E-state index in [1.807, 2.05) is 76.8 Å². The number of ether oxygens (including phenoxy) is 5. The van der Waals surface area contributed by atoms with Crippen LogP contribution in [-0.2, 0) is 52.5 Å². The summed E-state index contributed by atoms with van der Waals surface area (Å²) in [6.45, 7) is 27.0. The molecule has 0 aliphatic carbocycles. The molecule has 462 valence electrons. The van der Waals surface area contributed by atoms with Crippen molar-refractivity contribution in [3.05, 3.63) is 35.9 Å². The van der Waals surface area contributed by atoms with Crippen LogP contribution in [0.5, 0.6) is 0 Å². The molecule has 1 aliphatic heterocycles. The van der Waals surface area contributed by atoms with Gasteiger partial charge < -0.3 is 65.0 Å². The summed E-state index contributed by atoms with van der Waals surface area (Å²) in [4.78, 5) is 114. The van der Waals surface area contributed by atoms with Crippen LogP contribution in [0.1, 0.15) is 148 Å². The van der Waals surface area contributed by atoms with Gasteiger partial charge in [0.2, 0.25) is 29.5 Å². The molecule has 22 heteroatoms. The Labute approximate surface area is 482 Å². The molecule has 2 rings (SSSR count). The molecule has 3 unspecified atom stereocenters. The molecule has 1 aliphatic rings. The van der Waals surface area contributed by atoms with E-state index in [0.717, 1.165) is 17.7 Å². The van der Waals surface area contributed by atoms with Gasteiger partial charge in [0.05, 0.1) is 24.9 Å². The Morgan fingerprint density at radius 1 is 0.753 bits per heavy atom. The number of carbonyl (C=O) groups excluding carboxylic acids is 8. The van der Waals surface area contributed by atoms with Crippen LogP contribution in [0.3, 0.4) is 0 Å². The van der Waals surface area contributed by atoms with Gasteiger partial charge in [-0.05, 0) is 67.3 Å². The molecule has 1 aromatic rings. The third-order valence-electron chi connectivity index (χ3n) is 15.3. The van der Waals surface area contributed by atoms with Crippen LogP contribution < -0.4 is 21.3 Å². The molecule has 6 N–H and O–H groups in total. The van der Waals surface area contributed by atoms with Gasteiger partial charge in [0.15, 0.2) is 6.29 Å². The van der Waals surface area contributed by atoms with E-state index in [1.165, 1.54) is 14.2 Å². The second-order valence-electron chi connectivity index (χ2n) is 23.5. The topological polar surface area (TPSA) is 281 Å². The first-order chi connectivity index (χ1) is 37.9. The largest absolute Gasteiger partial charge is 0.444 e. The van der Waals surface area contributed by atoms with Crippen molar-refractivity contribution in [2.45, 2.75) is 197 Å². The predicted molar refractivity (Wildman–Crippen MR) is 305 cm³/mol. The zero-order valence-electron chi connectivity index (χ0n) is 51.7. The zero-order valence-corrected chi connectivity index (χ0v) is 51.7. The van der Waals surface area contributed by atoms with E-state index < -0.39 is 115 Å². The summed E-state index contributed by atoms with van der Waals surface area (Å²) in [7, 11) is 4.42. The Morgan fingerprint density at radius 3 is 1.90 bits per heavy atom. The SMILES string of the molecule is CCC(CO)OC(COC(=O)NCCC(=O)N[C@H](C(=O)OC(OC(=O)N(C)[C@H](C(=O)N[C@H](C(=O)N(C)[C@@H](C(C)C)[C@H](C)CC(=O)N1CCC[C@H]1[C@H](C)[C@@H](C)C(=O)N[C@H](C)[C@@H](O)c1ccccc1)C(C)C)C(C)C)C(C)C)C(C)C)OC. The Morgan fingerprint density at radius 2 is 1.37 bits per heavy atom. The molecule has 81 heavy (non-hydrogen) atoms. The number of nitrogens with one attached hydrogen (secondary N) is 4. The second kappa shape index (κ2) is 34.8. The van der Waals surface area contributed by atoms with Crippen molar-refractivity contribution in [3.8, 4) is 0 Å². The van der Waals surface area contributed by atoms with Gasteiger partial charge in [0, 0.05) is 71.1 Å². The highest BCUT2D eigenvalue weighted by Gasteiger charge is 2.42. The average Bonchev–Trinajstić information content (AvgIpc) is 4.00. The van der Waals surface area contributed by atoms with Gasteiger partial charge in [0.25, 0.3) is 6.29 Å². The Hall–Kier alpha value is -5.58. The third kappa shape index (κ3) is 21.9. The zero-order chi connectivity index (χ0) is 61.6. The highest BCUT2D eigenvalue weighted by Crippen LogP contribution is 2.32. The van der Waals surface area contributed by atoms with Crippen LogP contribution in [0.25, 0.3) is 0 Å². The number of methoxy groups -OCH3 is 1. The lowest BCUT2D eigenvalue weighted by atomic mass is 9.85. The third-order valence-corrected chi connectivity index (χ3v) is 15.3. The van der Waals surface area contributed by atoms with Crippen LogP contribution in [0, 0.1) is 47.3 Å². The maximum absolute atomic E-state index is 14.6. The molecule has 13 atom stereocenters. The number of likely N-dealkylation sites (N-methyl/N-ethyl adjacent to an activating group) is 2. The van der Waals surface area contributed by atoms with Gasteiger partial charge in [-0.25, -0.2) is 14.4 Å². The minimum Gasteiger partial charge on any atom is -0.444 e. The van der Waals surface area contributed by atoms with Crippen molar-refractivity contribution < 1.29 is 72.3 Å². The minimum absolute atomic E-state index is 0.0687. The molecular weight excluding hydrogens is 1050 g/mol. The number of hydrogen-bond donors (Lipinski definition) is 6. The van der Waals surface area contributed by atoms with E-state index in [4.69, 9.17) is 23.7 Å². The summed E-state index contributed by atoms with van der Waals surface area (Å²) in [6, 6.07) is 4.69. The number of esters is 1. The van der Waals surface area contributed by atoms with Crippen molar-refractivity contribution in [1.29, 1.82) is 0 Å². The summed E-state index contributed by atoms with van der Waals surface area (Å²) in [5.41, 5.74) is 0.704. The van der Waals surface area contributed by atoms with Crippen LogP contribution >= 0.6 is 0 Å². The van der Waals surface area contributed by atoms with E-state index in [0.29, 0.717) is 18.5 Å². The minimum atomic E-state index is -1.44. The Kier molecular flexibility index (Phi) is 30.7. The number of nitrogens with zero attached hydrogens (tertiary/aromatic N) is 3. The molecule has 0 bridgehead atoms. The van der Waals surface area contributed by atoms with E-state index in [2.05, 4.69) is 21.3 Å². The lowest BCUT2D eigenvalue weighted by Gasteiger charge is -2.40. The fraction of sp³-hybridized carbons (Fsp3) is 0.763. The van der Waals surface area contributed by atoms with Crippen molar-refractivity contribution in [2.24, 2.45) is 47.3 Å². The summed E-state index contributed by atoms with van der Waals surface area (Å²) in [5, 5.41) is 31.2. The van der Waals surface area contributed by atoms with E-state index in [-0.39, 0.29) is 74.1 Å². The first-order valence-electron chi connectivity index (χ1n) is 29.0. The first kappa shape index (κ1) is 71.5. The van der Waals surface area contributed by atoms with Crippen molar-refractivity contribution in [1.82, 2.24) is 36.0 Å². The first-order valence-corrected chi connectivity index (χ1v) is 29.0. The molecule has 7 amide bonds. The van der Waals surface area contributed by atoms with Gasteiger partial charge in [-0.3, -0.25) is 28.9 Å². The molecule has 22 nitrogen and oxygen atoms in total. The molecule has 0 saturated carbocycles. The molecule has 0 radical (unpaired) electrons.